The van der Waals surface area contributed by atoms with Crippen LogP contribution < -0.4 is 10.6 Å². The molecule has 2 aromatic rings. The van der Waals surface area contributed by atoms with E-state index in [1.54, 1.807) is 11.0 Å². The molecule has 1 aromatic heterocycles. The second-order valence-electron chi connectivity index (χ2n) is 8.35. The number of carbonyl (C=O) groups is 1. The zero-order chi connectivity index (χ0) is 20.4. The molecular formula is C21H29F2N5O. The maximum atomic E-state index is 13.3. The van der Waals surface area contributed by atoms with Crippen LogP contribution in [0.5, 0.6) is 0 Å². The van der Waals surface area contributed by atoms with Gasteiger partial charge >= 0.3 is 0 Å². The SMILES string of the molecule is Cc1c(C(=O)NCCN2CCC(F)(F)C2)ccc2nn(CC3CCNCC3)cc12. The second-order valence-corrected chi connectivity index (χ2v) is 8.35. The van der Waals surface area contributed by atoms with Gasteiger partial charge in [0.1, 0.15) is 0 Å². The first-order valence-electron chi connectivity index (χ1n) is 10.5. The van der Waals surface area contributed by atoms with Crippen LogP contribution >= 0.6 is 0 Å². The molecule has 6 nitrogen and oxygen atoms in total. The van der Waals surface area contributed by atoms with Crippen molar-refractivity contribution in [2.24, 2.45) is 5.92 Å². The number of alkyl halides is 2. The molecule has 1 aromatic carbocycles. The van der Waals surface area contributed by atoms with Gasteiger partial charge in [-0.3, -0.25) is 14.4 Å². The molecule has 0 radical (unpaired) electrons. The summed E-state index contributed by atoms with van der Waals surface area (Å²) in [5, 5.41) is 11.9. The summed E-state index contributed by atoms with van der Waals surface area (Å²) < 4.78 is 28.5. The minimum absolute atomic E-state index is 0.0991. The molecule has 0 bridgehead atoms. The van der Waals surface area contributed by atoms with Crippen molar-refractivity contribution in [1.82, 2.24) is 25.3 Å². The molecular weight excluding hydrogens is 376 g/mol. The quantitative estimate of drug-likeness (QED) is 0.775. The Balaban J connectivity index is 1.38. The van der Waals surface area contributed by atoms with Crippen molar-refractivity contribution in [3.63, 3.8) is 0 Å². The van der Waals surface area contributed by atoms with Gasteiger partial charge in [0.05, 0.1) is 12.1 Å². The number of benzene rings is 1. The lowest BCUT2D eigenvalue weighted by Gasteiger charge is -2.22. The Morgan fingerprint density at radius 1 is 1.34 bits per heavy atom. The number of carbonyl (C=O) groups excluding carboxylic acids is 1. The summed E-state index contributed by atoms with van der Waals surface area (Å²) in [4.78, 5) is 14.3. The van der Waals surface area contributed by atoms with Gasteiger partial charge in [0.15, 0.2) is 0 Å². The number of likely N-dealkylation sites (tertiary alicyclic amines) is 1. The Hall–Kier alpha value is -2.06. The van der Waals surface area contributed by atoms with Gasteiger partial charge in [0, 0.05) is 49.7 Å². The molecule has 29 heavy (non-hydrogen) atoms. The van der Waals surface area contributed by atoms with Gasteiger partial charge in [0.25, 0.3) is 11.8 Å². The highest BCUT2D eigenvalue weighted by Gasteiger charge is 2.37. The van der Waals surface area contributed by atoms with E-state index in [-0.39, 0.29) is 18.9 Å². The van der Waals surface area contributed by atoms with E-state index >= 15 is 0 Å². The highest BCUT2D eigenvalue weighted by molar-refractivity contribution is 6.00. The summed E-state index contributed by atoms with van der Waals surface area (Å²) in [7, 11) is 0. The van der Waals surface area contributed by atoms with Crippen molar-refractivity contribution in [1.29, 1.82) is 0 Å². The lowest BCUT2D eigenvalue weighted by atomic mass is 9.98. The third-order valence-corrected chi connectivity index (χ3v) is 6.12. The lowest BCUT2D eigenvalue weighted by Crippen LogP contribution is -2.35. The van der Waals surface area contributed by atoms with Crippen molar-refractivity contribution >= 4 is 16.8 Å². The van der Waals surface area contributed by atoms with E-state index in [9.17, 15) is 13.6 Å². The fraction of sp³-hybridized carbons (Fsp3) is 0.619. The van der Waals surface area contributed by atoms with Crippen LogP contribution in [0.3, 0.4) is 0 Å². The Bertz CT molecular complexity index is 875. The first kappa shape index (κ1) is 20.2. The number of aryl methyl sites for hydroxylation is 1. The number of halogens is 2. The number of rotatable bonds is 6. The maximum absolute atomic E-state index is 13.3. The first-order valence-corrected chi connectivity index (χ1v) is 10.5. The van der Waals surface area contributed by atoms with Gasteiger partial charge in [0.2, 0.25) is 0 Å². The topological polar surface area (TPSA) is 62.2 Å². The van der Waals surface area contributed by atoms with E-state index in [4.69, 9.17) is 0 Å². The number of fused-ring (bicyclic) bond motifs is 1. The van der Waals surface area contributed by atoms with Gasteiger partial charge in [-0.25, -0.2) is 8.78 Å². The highest BCUT2D eigenvalue weighted by atomic mass is 19.3. The minimum Gasteiger partial charge on any atom is -0.351 e. The summed E-state index contributed by atoms with van der Waals surface area (Å²) in [6.07, 6.45) is 4.26. The molecule has 2 N–H and O–H groups in total. The average molecular weight is 405 g/mol. The third kappa shape index (κ3) is 4.75. The van der Waals surface area contributed by atoms with Crippen LogP contribution in [0, 0.1) is 12.8 Å². The molecule has 8 heteroatoms. The van der Waals surface area contributed by atoms with Crippen LogP contribution in [-0.2, 0) is 6.54 Å². The largest absolute Gasteiger partial charge is 0.351 e. The van der Waals surface area contributed by atoms with Crippen LogP contribution in [0.25, 0.3) is 10.9 Å². The van der Waals surface area contributed by atoms with E-state index in [1.807, 2.05) is 23.9 Å². The van der Waals surface area contributed by atoms with Gasteiger partial charge in [-0.2, -0.15) is 5.10 Å². The van der Waals surface area contributed by atoms with E-state index < -0.39 is 5.92 Å². The summed E-state index contributed by atoms with van der Waals surface area (Å²) in [6, 6.07) is 3.69. The van der Waals surface area contributed by atoms with Crippen molar-refractivity contribution in [3.8, 4) is 0 Å². The molecule has 0 atom stereocenters. The Morgan fingerprint density at radius 2 is 2.14 bits per heavy atom. The monoisotopic (exact) mass is 405 g/mol. The summed E-state index contributed by atoms with van der Waals surface area (Å²) in [6.45, 7) is 5.92. The fourth-order valence-corrected chi connectivity index (χ4v) is 4.37. The van der Waals surface area contributed by atoms with Crippen LogP contribution in [-0.4, -0.2) is 65.8 Å². The van der Waals surface area contributed by atoms with Crippen molar-refractivity contribution in [2.45, 2.75) is 38.7 Å². The van der Waals surface area contributed by atoms with Crippen LogP contribution in [0.2, 0.25) is 0 Å². The number of aromatic nitrogens is 2. The molecule has 4 rings (SSSR count). The molecule has 2 aliphatic rings. The van der Waals surface area contributed by atoms with Crippen LogP contribution in [0.4, 0.5) is 8.78 Å². The van der Waals surface area contributed by atoms with E-state index in [2.05, 4.69) is 15.7 Å². The van der Waals surface area contributed by atoms with Crippen LogP contribution in [0.15, 0.2) is 18.3 Å². The highest BCUT2D eigenvalue weighted by Crippen LogP contribution is 2.26. The van der Waals surface area contributed by atoms with Crippen LogP contribution in [0.1, 0.15) is 35.2 Å². The fourth-order valence-electron chi connectivity index (χ4n) is 4.37. The van der Waals surface area contributed by atoms with Crippen molar-refractivity contribution in [3.05, 3.63) is 29.5 Å². The molecule has 2 aliphatic heterocycles. The molecule has 1 amide bonds. The lowest BCUT2D eigenvalue weighted by molar-refractivity contribution is 0.0124. The van der Waals surface area contributed by atoms with E-state index in [0.717, 1.165) is 48.9 Å². The first-order chi connectivity index (χ1) is 13.9. The number of piperidine rings is 1. The predicted octanol–water partition coefficient (Wildman–Crippen LogP) is 2.42. The molecule has 2 saturated heterocycles. The smallest absolute Gasteiger partial charge is 0.261 e. The average Bonchev–Trinajstić information content (AvgIpc) is 3.25. The molecule has 0 unspecified atom stereocenters. The standard InChI is InChI=1S/C21H29F2N5O/c1-15-17(20(29)25-9-11-27-10-6-21(22,23)14-27)2-3-19-18(15)13-28(26-19)12-16-4-7-24-8-5-16/h2-3,13,16,24H,4-12,14H2,1H3,(H,25,29). The van der Waals surface area contributed by atoms with E-state index in [1.165, 1.54) is 0 Å². The Labute approximate surface area is 169 Å². The molecule has 0 saturated carbocycles. The Kier molecular flexibility index (Phi) is 5.83. The van der Waals surface area contributed by atoms with Gasteiger partial charge in [-0.15, -0.1) is 0 Å². The van der Waals surface area contributed by atoms with Gasteiger partial charge in [-0.1, -0.05) is 0 Å². The predicted molar refractivity (Wildman–Crippen MR) is 108 cm³/mol. The third-order valence-electron chi connectivity index (χ3n) is 6.12. The number of nitrogens with one attached hydrogen (secondary N) is 2. The molecule has 3 heterocycles. The normalized spacial score (nSPS) is 20.4. The number of amides is 1. The maximum Gasteiger partial charge on any atom is 0.261 e. The number of nitrogens with zero attached hydrogens (tertiary/aromatic N) is 3. The molecule has 2 fully saturated rings. The molecule has 0 aliphatic carbocycles. The minimum atomic E-state index is -2.60. The Morgan fingerprint density at radius 3 is 2.86 bits per heavy atom. The number of hydrogen-bond donors (Lipinski definition) is 2. The molecule has 0 spiro atoms. The molecule has 158 valence electrons. The second kappa shape index (κ2) is 8.36. The van der Waals surface area contributed by atoms with Gasteiger partial charge < -0.3 is 10.6 Å². The zero-order valence-electron chi connectivity index (χ0n) is 16.9. The summed E-state index contributed by atoms with van der Waals surface area (Å²) in [5.74, 6) is -2.13. The summed E-state index contributed by atoms with van der Waals surface area (Å²) >= 11 is 0. The zero-order valence-corrected chi connectivity index (χ0v) is 16.9. The van der Waals surface area contributed by atoms with Crippen molar-refractivity contribution in [2.75, 3.05) is 39.3 Å². The van der Waals surface area contributed by atoms with Gasteiger partial charge in [-0.05, 0) is 56.5 Å². The van der Waals surface area contributed by atoms with Crippen molar-refractivity contribution < 1.29 is 13.6 Å². The summed E-state index contributed by atoms with van der Waals surface area (Å²) in [5.41, 5.74) is 2.42. The van der Waals surface area contributed by atoms with E-state index in [0.29, 0.717) is 31.1 Å². The number of hydrogen-bond acceptors (Lipinski definition) is 4.